The molecule has 0 aromatic heterocycles. The molecule has 1 rings (SSSR count). The lowest BCUT2D eigenvalue weighted by atomic mass is 10.1. The Bertz CT molecular complexity index is 296. The van der Waals surface area contributed by atoms with Crippen molar-refractivity contribution in [2.45, 2.75) is 25.9 Å². The summed E-state index contributed by atoms with van der Waals surface area (Å²) in [6.45, 7) is 3.48. The molecule has 0 aliphatic carbocycles. The lowest BCUT2D eigenvalue weighted by molar-refractivity contribution is 0.174. The van der Waals surface area contributed by atoms with Crippen LogP contribution >= 0.6 is 17.0 Å². The van der Waals surface area contributed by atoms with E-state index in [9.17, 15) is 9.50 Å². The fourth-order valence-electron chi connectivity index (χ4n) is 1.37. The molecule has 0 spiro atoms. The van der Waals surface area contributed by atoms with Gasteiger partial charge in [-0.3, -0.25) is 0 Å². The summed E-state index contributed by atoms with van der Waals surface area (Å²) in [5.41, 5.74) is 0.624. The quantitative estimate of drug-likeness (QED) is 0.790. The van der Waals surface area contributed by atoms with E-state index < -0.39 is 6.10 Å². The van der Waals surface area contributed by atoms with Gasteiger partial charge in [0.1, 0.15) is 5.82 Å². The van der Waals surface area contributed by atoms with Crippen molar-refractivity contribution in [1.82, 2.24) is 5.32 Å². The van der Waals surface area contributed by atoms with Crippen LogP contribution in [0, 0.1) is 5.82 Å². The van der Waals surface area contributed by atoms with Gasteiger partial charge in [0.2, 0.25) is 0 Å². The molecule has 0 radical (unpaired) electrons. The highest BCUT2D eigenvalue weighted by atomic mass is 79.9. The first-order valence-corrected chi connectivity index (χ1v) is 5.38. The zero-order chi connectivity index (χ0) is 11.1. The van der Waals surface area contributed by atoms with Crippen LogP contribution in [0.3, 0.4) is 0 Å². The van der Waals surface area contributed by atoms with Gasteiger partial charge >= 0.3 is 0 Å². The van der Waals surface area contributed by atoms with Crippen molar-refractivity contribution in [2.24, 2.45) is 0 Å². The lowest BCUT2D eigenvalue weighted by Crippen LogP contribution is -2.22. The molecule has 16 heavy (non-hydrogen) atoms. The monoisotopic (exact) mass is 291 g/mol. The van der Waals surface area contributed by atoms with Gasteiger partial charge in [0.15, 0.2) is 0 Å². The summed E-state index contributed by atoms with van der Waals surface area (Å²) in [4.78, 5) is 0. The van der Waals surface area contributed by atoms with Crippen molar-refractivity contribution < 1.29 is 9.50 Å². The van der Waals surface area contributed by atoms with Gasteiger partial charge in [0, 0.05) is 6.54 Å². The Hall–Kier alpha value is -0.450. The van der Waals surface area contributed by atoms with E-state index in [0.717, 1.165) is 19.4 Å². The molecule has 0 bridgehead atoms. The topological polar surface area (TPSA) is 32.3 Å². The first kappa shape index (κ1) is 15.6. The Morgan fingerprint density at radius 1 is 1.44 bits per heavy atom. The molecule has 1 unspecified atom stereocenters. The molecular weight excluding hydrogens is 273 g/mol. The molecule has 0 aliphatic rings. The number of benzene rings is 1. The first-order valence-electron chi connectivity index (χ1n) is 5.38. The van der Waals surface area contributed by atoms with Crippen LogP contribution < -0.4 is 5.32 Å². The van der Waals surface area contributed by atoms with Crippen LogP contribution in [-0.4, -0.2) is 18.2 Å². The van der Waals surface area contributed by atoms with E-state index in [1.165, 1.54) is 12.1 Å². The second-order valence-electron chi connectivity index (χ2n) is 3.63. The Balaban J connectivity index is 0.00000225. The van der Waals surface area contributed by atoms with Crippen LogP contribution in [0.15, 0.2) is 24.3 Å². The molecule has 0 amide bonds. The fraction of sp³-hybridized carbons (Fsp3) is 0.500. The Kier molecular flexibility index (Phi) is 8.43. The van der Waals surface area contributed by atoms with Gasteiger partial charge in [-0.1, -0.05) is 25.5 Å². The SMILES string of the molecule is Br.CCCCNCC(O)c1cccc(F)c1. The first-order chi connectivity index (χ1) is 7.24. The van der Waals surface area contributed by atoms with E-state index in [2.05, 4.69) is 12.2 Å². The summed E-state index contributed by atoms with van der Waals surface area (Å²) < 4.78 is 12.8. The third-order valence-corrected chi connectivity index (χ3v) is 2.28. The van der Waals surface area contributed by atoms with Crippen LogP contribution in [0.5, 0.6) is 0 Å². The highest BCUT2D eigenvalue weighted by molar-refractivity contribution is 8.93. The number of unbranched alkanes of at least 4 members (excludes halogenated alkanes) is 1. The molecule has 0 saturated carbocycles. The predicted octanol–water partition coefficient (Wildman–Crippen LogP) is 2.83. The van der Waals surface area contributed by atoms with Crippen LogP contribution in [0.25, 0.3) is 0 Å². The van der Waals surface area contributed by atoms with Gasteiger partial charge in [-0.05, 0) is 30.7 Å². The van der Waals surface area contributed by atoms with Gasteiger partial charge in [0.25, 0.3) is 0 Å². The smallest absolute Gasteiger partial charge is 0.123 e. The maximum absolute atomic E-state index is 12.8. The number of hydrogen-bond acceptors (Lipinski definition) is 2. The van der Waals surface area contributed by atoms with Crippen molar-refractivity contribution in [1.29, 1.82) is 0 Å². The summed E-state index contributed by atoms with van der Waals surface area (Å²) in [6, 6.07) is 6.09. The molecule has 0 fully saturated rings. The number of halogens is 2. The third kappa shape index (κ3) is 5.58. The van der Waals surface area contributed by atoms with Crippen LogP contribution in [0.1, 0.15) is 31.4 Å². The standard InChI is InChI=1S/C12H18FNO.BrH/c1-2-3-7-14-9-12(15)10-5-4-6-11(13)8-10;/h4-6,8,12,14-15H,2-3,7,9H2,1H3;1H. The zero-order valence-electron chi connectivity index (χ0n) is 9.45. The average molecular weight is 292 g/mol. The molecule has 1 atom stereocenters. The normalized spacial score (nSPS) is 11.9. The summed E-state index contributed by atoms with van der Waals surface area (Å²) in [5, 5.41) is 12.8. The molecular formula is C12H19BrFNO. The highest BCUT2D eigenvalue weighted by Crippen LogP contribution is 2.12. The van der Waals surface area contributed by atoms with Gasteiger partial charge in [-0.2, -0.15) is 0 Å². The summed E-state index contributed by atoms with van der Waals surface area (Å²) in [7, 11) is 0. The van der Waals surface area contributed by atoms with Crippen molar-refractivity contribution in [3.8, 4) is 0 Å². The van der Waals surface area contributed by atoms with Gasteiger partial charge in [0.05, 0.1) is 6.10 Å². The van der Waals surface area contributed by atoms with Crippen molar-refractivity contribution >= 4 is 17.0 Å². The molecule has 1 aromatic carbocycles. The number of nitrogens with one attached hydrogen (secondary N) is 1. The molecule has 0 saturated heterocycles. The second-order valence-corrected chi connectivity index (χ2v) is 3.63. The molecule has 0 heterocycles. The average Bonchev–Trinajstić information content (AvgIpc) is 2.24. The predicted molar refractivity (Wildman–Crippen MR) is 69.5 cm³/mol. The summed E-state index contributed by atoms with van der Waals surface area (Å²) >= 11 is 0. The van der Waals surface area contributed by atoms with Crippen molar-refractivity contribution in [2.75, 3.05) is 13.1 Å². The van der Waals surface area contributed by atoms with E-state index in [0.29, 0.717) is 12.1 Å². The molecule has 2 nitrogen and oxygen atoms in total. The fourth-order valence-corrected chi connectivity index (χ4v) is 1.37. The number of hydrogen-bond donors (Lipinski definition) is 2. The molecule has 92 valence electrons. The van der Waals surface area contributed by atoms with E-state index in [-0.39, 0.29) is 22.8 Å². The van der Waals surface area contributed by atoms with Crippen LogP contribution in [-0.2, 0) is 0 Å². The van der Waals surface area contributed by atoms with E-state index in [4.69, 9.17) is 0 Å². The molecule has 4 heteroatoms. The van der Waals surface area contributed by atoms with Gasteiger partial charge in [-0.15, -0.1) is 17.0 Å². The van der Waals surface area contributed by atoms with Crippen molar-refractivity contribution in [3.63, 3.8) is 0 Å². The van der Waals surface area contributed by atoms with Crippen molar-refractivity contribution in [3.05, 3.63) is 35.6 Å². The number of aliphatic hydroxyl groups is 1. The van der Waals surface area contributed by atoms with E-state index >= 15 is 0 Å². The van der Waals surface area contributed by atoms with Crippen LogP contribution in [0.4, 0.5) is 4.39 Å². The van der Waals surface area contributed by atoms with Crippen LogP contribution in [0.2, 0.25) is 0 Å². The Morgan fingerprint density at radius 3 is 2.81 bits per heavy atom. The highest BCUT2D eigenvalue weighted by Gasteiger charge is 2.06. The molecule has 2 N–H and O–H groups in total. The Labute approximate surface area is 107 Å². The summed E-state index contributed by atoms with van der Waals surface area (Å²) in [6.07, 6.45) is 1.59. The zero-order valence-corrected chi connectivity index (χ0v) is 11.2. The van der Waals surface area contributed by atoms with E-state index in [1.54, 1.807) is 12.1 Å². The maximum atomic E-state index is 12.8. The maximum Gasteiger partial charge on any atom is 0.123 e. The lowest BCUT2D eigenvalue weighted by Gasteiger charge is -2.11. The number of rotatable bonds is 6. The third-order valence-electron chi connectivity index (χ3n) is 2.28. The van der Waals surface area contributed by atoms with Gasteiger partial charge < -0.3 is 10.4 Å². The van der Waals surface area contributed by atoms with E-state index in [1.807, 2.05) is 0 Å². The molecule has 0 aliphatic heterocycles. The minimum absolute atomic E-state index is 0. The Morgan fingerprint density at radius 2 is 2.19 bits per heavy atom. The van der Waals surface area contributed by atoms with Gasteiger partial charge in [-0.25, -0.2) is 4.39 Å². The summed E-state index contributed by atoms with van der Waals surface area (Å²) in [5.74, 6) is -0.305. The largest absolute Gasteiger partial charge is 0.387 e. The second kappa shape index (κ2) is 8.67. The number of aliphatic hydroxyl groups excluding tert-OH is 1. The minimum atomic E-state index is -0.627. The molecule has 1 aromatic rings. The minimum Gasteiger partial charge on any atom is -0.387 e.